The molecule has 3 N–H and O–H groups in total. The Hall–Kier alpha value is -1.08. The first-order valence-electron chi connectivity index (χ1n) is 6.38. The van der Waals surface area contributed by atoms with E-state index in [4.69, 9.17) is 15.3 Å². The van der Waals surface area contributed by atoms with Crippen molar-refractivity contribution in [3.8, 4) is 11.5 Å². The third kappa shape index (κ3) is 2.69. The normalized spacial score (nSPS) is 15.7. The molecule has 0 saturated heterocycles. The van der Waals surface area contributed by atoms with Crippen LogP contribution in [0.25, 0.3) is 0 Å². The lowest BCUT2D eigenvalue weighted by molar-refractivity contribution is 0.297. The molecule has 2 heterocycles. The molecule has 1 aliphatic heterocycles. The zero-order valence-corrected chi connectivity index (χ0v) is 13.2. The molecule has 0 spiro atoms. The molecule has 1 aromatic carbocycles. The Bertz CT molecular complexity index is 603. The van der Waals surface area contributed by atoms with Gasteiger partial charge in [-0.3, -0.25) is 5.84 Å². The zero-order valence-electron chi connectivity index (χ0n) is 10.8. The first kappa shape index (κ1) is 13.9. The number of nitrogens with two attached hydrogens (primary N) is 1. The fourth-order valence-electron chi connectivity index (χ4n) is 2.19. The van der Waals surface area contributed by atoms with Crippen molar-refractivity contribution in [1.29, 1.82) is 0 Å². The van der Waals surface area contributed by atoms with Crippen molar-refractivity contribution in [2.75, 3.05) is 13.2 Å². The van der Waals surface area contributed by atoms with E-state index in [0.717, 1.165) is 32.8 Å². The first-order chi connectivity index (χ1) is 9.79. The van der Waals surface area contributed by atoms with Gasteiger partial charge in [0.1, 0.15) is 0 Å². The van der Waals surface area contributed by atoms with Crippen LogP contribution in [0.2, 0.25) is 0 Å². The van der Waals surface area contributed by atoms with Crippen molar-refractivity contribution in [3.63, 3.8) is 0 Å². The van der Waals surface area contributed by atoms with E-state index >= 15 is 0 Å². The summed E-state index contributed by atoms with van der Waals surface area (Å²) in [6.07, 6.45) is 0.902. The fourth-order valence-corrected chi connectivity index (χ4v) is 3.88. The Kier molecular flexibility index (Phi) is 4.26. The maximum absolute atomic E-state index is 5.74. The van der Waals surface area contributed by atoms with E-state index in [2.05, 4.69) is 21.4 Å². The molecule has 1 aliphatic rings. The van der Waals surface area contributed by atoms with Gasteiger partial charge in [-0.05, 0) is 45.1 Å². The fraction of sp³-hybridized carbons (Fsp3) is 0.286. The highest BCUT2D eigenvalue weighted by molar-refractivity contribution is 9.10. The Morgan fingerprint density at radius 1 is 1.20 bits per heavy atom. The number of benzene rings is 1. The standard InChI is InChI=1S/C14H15BrN2O2S/c15-10-4-7-20-14(10)13(17-16)9-2-3-11-12(8-9)19-6-1-5-18-11/h2-4,7-8,13,17H,1,5-6,16H2. The predicted molar refractivity (Wildman–Crippen MR) is 83.2 cm³/mol. The van der Waals surface area contributed by atoms with Crippen LogP contribution >= 0.6 is 27.3 Å². The lowest BCUT2D eigenvalue weighted by Crippen LogP contribution is -2.28. The lowest BCUT2D eigenvalue weighted by atomic mass is 10.1. The predicted octanol–water partition coefficient (Wildman–Crippen LogP) is 3.22. The second kappa shape index (κ2) is 6.13. The second-order valence-electron chi connectivity index (χ2n) is 4.49. The van der Waals surface area contributed by atoms with Crippen molar-refractivity contribution in [2.24, 2.45) is 5.84 Å². The molecular formula is C14H15BrN2O2S. The van der Waals surface area contributed by atoms with Gasteiger partial charge < -0.3 is 9.47 Å². The van der Waals surface area contributed by atoms with Gasteiger partial charge in [-0.1, -0.05) is 6.07 Å². The summed E-state index contributed by atoms with van der Waals surface area (Å²) in [4.78, 5) is 1.14. The van der Waals surface area contributed by atoms with Gasteiger partial charge in [-0.2, -0.15) is 0 Å². The molecule has 0 fully saturated rings. The molecule has 4 nitrogen and oxygen atoms in total. The number of fused-ring (bicyclic) bond motifs is 1. The smallest absolute Gasteiger partial charge is 0.161 e. The molecule has 1 aromatic heterocycles. The largest absolute Gasteiger partial charge is 0.490 e. The number of ether oxygens (including phenoxy) is 2. The van der Waals surface area contributed by atoms with Crippen LogP contribution in [0.5, 0.6) is 11.5 Å². The van der Waals surface area contributed by atoms with Crippen LogP contribution < -0.4 is 20.7 Å². The summed E-state index contributed by atoms with van der Waals surface area (Å²) in [6.45, 7) is 1.38. The summed E-state index contributed by atoms with van der Waals surface area (Å²) < 4.78 is 12.4. The zero-order chi connectivity index (χ0) is 13.9. The molecule has 1 unspecified atom stereocenters. The van der Waals surface area contributed by atoms with Gasteiger partial charge in [-0.15, -0.1) is 11.3 Å². The minimum absolute atomic E-state index is 0.0680. The van der Waals surface area contributed by atoms with Gasteiger partial charge >= 0.3 is 0 Å². The van der Waals surface area contributed by atoms with E-state index in [1.807, 2.05) is 29.6 Å². The van der Waals surface area contributed by atoms with Gasteiger partial charge in [0, 0.05) is 15.8 Å². The molecule has 0 bridgehead atoms. The molecule has 106 valence electrons. The van der Waals surface area contributed by atoms with Gasteiger partial charge in [0.25, 0.3) is 0 Å². The summed E-state index contributed by atoms with van der Waals surface area (Å²) in [7, 11) is 0. The van der Waals surface area contributed by atoms with E-state index < -0.39 is 0 Å². The van der Waals surface area contributed by atoms with Crippen LogP contribution in [0.3, 0.4) is 0 Å². The summed E-state index contributed by atoms with van der Waals surface area (Å²) >= 11 is 5.21. The molecule has 0 amide bonds. The molecular weight excluding hydrogens is 340 g/mol. The SMILES string of the molecule is NNC(c1ccc2c(c1)OCCCO2)c1sccc1Br. The van der Waals surface area contributed by atoms with Gasteiger partial charge in [0.05, 0.1) is 19.3 Å². The lowest BCUT2D eigenvalue weighted by Gasteiger charge is -2.17. The van der Waals surface area contributed by atoms with Gasteiger partial charge in [0.2, 0.25) is 0 Å². The van der Waals surface area contributed by atoms with Crippen LogP contribution in [0.15, 0.2) is 34.1 Å². The Morgan fingerprint density at radius 2 is 2.00 bits per heavy atom. The first-order valence-corrected chi connectivity index (χ1v) is 8.05. The number of halogens is 1. The highest BCUT2D eigenvalue weighted by atomic mass is 79.9. The topological polar surface area (TPSA) is 56.5 Å². The summed E-state index contributed by atoms with van der Waals surface area (Å²) in [5.41, 5.74) is 3.92. The minimum Gasteiger partial charge on any atom is -0.490 e. The Labute approximate surface area is 130 Å². The molecule has 20 heavy (non-hydrogen) atoms. The Balaban J connectivity index is 1.96. The van der Waals surface area contributed by atoms with Crippen LogP contribution in [-0.4, -0.2) is 13.2 Å². The monoisotopic (exact) mass is 354 g/mol. The molecule has 6 heteroatoms. The molecule has 1 atom stereocenters. The maximum Gasteiger partial charge on any atom is 0.161 e. The number of hydrazine groups is 1. The maximum atomic E-state index is 5.74. The van der Waals surface area contributed by atoms with Crippen LogP contribution in [0.1, 0.15) is 22.9 Å². The van der Waals surface area contributed by atoms with Gasteiger partial charge in [0.15, 0.2) is 11.5 Å². The Morgan fingerprint density at radius 3 is 2.70 bits per heavy atom. The number of rotatable bonds is 3. The summed E-state index contributed by atoms with van der Waals surface area (Å²) in [6, 6.07) is 7.91. The molecule has 0 saturated carbocycles. The highest BCUT2D eigenvalue weighted by Crippen LogP contribution is 2.37. The van der Waals surface area contributed by atoms with E-state index in [9.17, 15) is 0 Å². The average Bonchev–Trinajstić information content (AvgIpc) is 2.75. The average molecular weight is 355 g/mol. The van der Waals surface area contributed by atoms with E-state index in [-0.39, 0.29) is 6.04 Å². The van der Waals surface area contributed by atoms with Crippen molar-refractivity contribution in [3.05, 3.63) is 44.6 Å². The molecule has 0 radical (unpaired) electrons. The number of hydrogen-bond donors (Lipinski definition) is 2. The highest BCUT2D eigenvalue weighted by Gasteiger charge is 2.19. The van der Waals surface area contributed by atoms with E-state index in [1.165, 1.54) is 0 Å². The third-order valence-electron chi connectivity index (χ3n) is 3.18. The van der Waals surface area contributed by atoms with Crippen molar-refractivity contribution in [2.45, 2.75) is 12.5 Å². The second-order valence-corrected chi connectivity index (χ2v) is 6.29. The number of thiophene rings is 1. The van der Waals surface area contributed by atoms with E-state index in [1.54, 1.807) is 11.3 Å². The molecule has 2 aromatic rings. The van der Waals surface area contributed by atoms with Crippen molar-refractivity contribution in [1.82, 2.24) is 5.43 Å². The van der Waals surface area contributed by atoms with E-state index in [0.29, 0.717) is 13.2 Å². The summed E-state index contributed by atoms with van der Waals surface area (Å²) in [5, 5.41) is 2.03. The third-order valence-corrected chi connectivity index (χ3v) is 5.11. The molecule has 0 aliphatic carbocycles. The number of hydrogen-bond acceptors (Lipinski definition) is 5. The number of nitrogens with one attached hydrogen (secondary N) is 1. The van der Waals surface area contributed by atoms with Crippen molar-refractivity contribution < 1.29 is 9.47 Å². The minimum atomic E-state index is -0.0680. The van der Waals surface area contributed by atoms with Crippen LogP contribution in [0.4, 0.5) is 0 Å². The van der Waals surface area contributed by atoms with Crippen LogP contribution in [0, 0.1) is 0 Å². The van der Waals surface area contributed by atoms with Crippen molar-refractivity contribution >= 4 is 27.3 Å². The summed E-state index contributed by atoms with van der Waals surface area (Å²) in [5.74, 6) is 7.32. The van der Waals surface area contributed by atoms with Gasteiger partial charge in [-0.25, -0.2) is 5.43 Å². The molecule has 3 rings (SSSR count). The quantitative estimate of drug-likeness (QED) is 0.656. The van der Waals surface area contributed by atoms with Crippen LogP contribution in [-0.2, 0) is 0 Å².